The molecule has 1 atom stereocenters. The molecule has 0 saturated heterocycles. The number of rotatable bonds is 4. The second kappa shape index (κ2) is 3.84. The van der Waals surface area contributed by atoms with Crippen LogP contribution in [0.4, 0.5) is 0 Å². The molecule has 10 heavy (non-hydrogen) atoms. The van der Waals surface area contributed by atoms with Gasteiger partial charge in [-0.05, 0) is 6.92 Å². The SMILES string of the molecule is CC(NCO)OS(=O)(=O)O. The molecule has 0 aromatic rings. The number of aliphatic hydroxyl groups excluding tert-OH is 1. The Morgan fingerprint density at radius 3 is 2.50 bits per heavy atom. The average Bonchev–Trinajstić information content (AvgIpc) is 1.59. The average molecular weight is 171 g/mol. The Hall–Kier alpha value is -0.210. The molecule has 6 nitrogen and oxygen atoms in total. The van der Waals surface area contributed by atoms with E-state index >= 15 is 0 Å². The fourth-order valence-electron chi connectivity index (χ4n) is 0.345. The van der Waals surface area contributed by atoms with Crippen LogP contribution in [0.5, 0.6) is 0 Å². The minimum atomic E-state index is -4.42. The number of aliphatic hydroxyl groups is 1. The van der Waals surface area contributed by atoms with E-state index in [0.717, 1.165) is 0 Å². The van der Waals surface area contributed by atoms with Crippen LogP contribution in [0.3, 0.4) is 0 Å². The molecule has 0 spiro atoms. The van der Waals surface area contributed by atoms with Crippen molar-refractivity contribution >= 4 is 10.4 Å². The molecule has 0 aliphatic rings. The molecule has 0 fully saturated rings. The predicted octanol–water partition coefficient (Wildman–Crippen LogP) is -1.31. The first-order valence-corrected chi connectivity index (χ1v) is 3.82. The molecule has 0 heterocycles. The van der Waals surface area contributed by atoms with Crippen LogP contribution in [0.1, 0.15) is 6.92 Å². The summed E-state index contributed by atoms with van der Waals surface area (Å²) in [6, 6.07) is 0. The summed E-state index contributed by atoms with van der Waals surface area (Å²) in [5.74, 6) is 0. The fourth-order valence-corrected chi connectivity index (χ4v) is 0.778. The second-order valence-electron chi connectivity index (χ2n) is 1.53. The third-order valence-electron chi connectivity index (χ3n) is 0.645. The van der Waals surface area contributed by atoms with E-state index < -0.39 is 23.4 Å². The highest BCUT2D eigenvalue weighted by atomic mass is 32.3. The molecule has 7 heteroatoms. The molecule has 62 valence electrons. The first-order valence-electron chi connectivity index (χ1n) is 2.45. The quantitative estimate of drug-likeness (QED) is 0.359. The fraction of sp³-hybridized carbons (Fsp3) is 1.00. The van der Waals surface area contributed by atoms with Gasteiger partial charge in [0.05, 0.1) is 6.73 Å². The molecule has 0 aromatic carbocycles. The van der Waals surface area contributed by atoms with Gasteiger partial charge in [0.1, 0.15) is 6.23 Å². The zero-order valence-corrected chi connectivity index (χ0v) is 6.13. The van der Waals surface area contributed by atoms with Gasteiger partial charge < -0.3 is 5.11 Å². The maximum absolute atomic E-state index is 9.93. The maximum Gasteiger partial charge on any atom is 0.398 e. The summed E-state index contributed by atoms with van der Waals surface area (Å²) in [5.41, 5.74) is 0. The lowest BCUT2D eigenvalue weighted by Gasteiger charge is -2.08. The molecule has 0 aliphatic heterocycles. The molecule has 0 rings (SSSR count). The predicted molar refractivity (Wildman–Crippen MR) is 32.3 cm³/mol. The highest BCUT2D eigenvalue weighted by molar-refractivity contribution is 7.80. The van der Waals surface area contributed by atoms with Gasteiger partial charge >= 0.3 is 10.4 Å². The summed E-state index contributed by atoms with van der Waals surface area (Å²) in [7, 11) is -4.42. The summed E-state index contributed by atoms with van der Waals surface area (Å²) >= 11 is 0. The second-order valence-corrected chi connectivity index (χ2v) is 2.58. The van der Waals surface area contributed by atoms with Gasteiger partial charge in [-0.2, -0.15) is 8.42 Å². The molecule has 0 amide bonds. The minimum absolute atomic E-state index is 0.420. The van der Waals surface area contributed by atoms with Crippen LogP contribution in [0.2, 0.25) is 0 Å². The topological polar surface area (TPSA) is 95.9 Å². The van der Waals surface area contributed by atoms with Gasteiger partial charge in [-0.25, -0.2) is 4.18 Å². The molecule has 1 unspecified atom stereocenters. The minimum Gasteiger partial charge on any atom is -0.381 e. The van der Waals surface area contributed by atoms with Crippen LogP contribution >= 0.6 is 0 Å². The van der Waals surface area contributed by atoms with Gasteiger partial charge in [-0.15, -0.1) is 0 Å². The summed E-state index contributed by atoms with van der Waals surface area (Å²) in [6.07, 6.45) is -0.931. The van der Waals surface area contributed by atoms with E-state index in [1.807, 2.05) is 0 Å². The molecule has 0 aliphatic carbocycles. The molecule has 0 bridgehead atoms. The van der Waals surface area contributed by atoms with Crippen LogP contribution in [-0.2, 0) is 14.6 Å². The summed E-state index contributed by atoms with van der Waals surface area (Å²) in [6.45, 7) is 0.903. The molecular weight excluding hydrogens is 162 g/mol. The van der Waals surface area contributed by atoms with Gasteiger partial charge in [0.2, 0.25) is 0 Å². The van der Waals surface area contributed by atoms with Crippen molar-refractivity contribution < 1.29 is 22.3 Å². The van der Waals surface area contributed by atoms with Crippen molar-refractivity contribution in [2.24, 2.45) is 0 Å². The van der Waals surface area contributed by atoms with Crippen LogP contribution < -0.4 is 5.32 Å². The number of hydrogen-bond acceptors (Lipinski definition) is 5. The maximum atomic E-state index is 9.93. The lowest BCUT2D eigenvalue weighted by molar-refractivity contribution is 0.124. The van der Waals surface area contributed by atoms with Crippen LogP contribution in [-0.4, -0.2) is 31.0 Å². The van der Waals surface area contributed by atoms with E-state index in [0.29, 0.717) is 0 Å². The van der Waals surface area contributed by atoms with E-state index in [9.17, 15) is 8.42 Å². The first kappa shape index (κ1) is 9.79. The Labute approximate surface area is 58.8 Å². The lowest BCUT2D eigenvalue weighted by Crippen LogP contribution is -2.31. The monoisotopic (exact) mass is 171 g/mol. The Bertz CT molecular complexity index is 175. The third-order valence-corrected chi connectivity index (χ3v) is 1.18. The van der Waals surface area contributed by atoms with Crippen molar-refractivity contribution in [1.82, 2.24) is 5.32 Å². The molecule has 0 saturated carbocycles. The molecular formula is C3H9NO5S. The van der Waals surface area contributed by atoms with Gasteiger partial charge in [0.15, 0.2) is 0 Å². The van der Waals surface area contributed by atoms with E-state index in [1.54, 1.807) is 0 Å². The van der Waals surface area contributed by atoms with Gasteiger partial charge in [0, 0.05) is 0 Å². The zero-order valence-electron chi connectivity index (χ0n) is 5.31. The van der Waals surface area contributed by atoms with Crippen LogP contribution in [0, 0.1) is 0 Å². The highest BCUT2D eigenvalue weighted by Crippen LogP contribution is 1.90. The smallest absolute Gasteiger partial charge is 0.381 e. The summed E-state index contributed by atoms with van der Waals surface area (Å²) < 4.78 is 31.8. The Morgan fingerprint density at radius 1 is 1.70 bits per heavy atom. The van der Waals surface area contributed by atoms with Crippen molar-refractivity contribution in [3.05, 3.63) is 0 Å². The third kappa shape index (κ3) is 5.92. The number of hydrogen-bond donors (Lipinski definition) is 3. The van der Waals surface area contributed by atoms with Crippen molar-refractivity contribution in [3.8, 4) is 0 Å². The van der Waals surface area contributed by atoms with Crippen molar-refractivity contribution in [2.75, 3.05) is 6.73 Å². The van der Waals surface area contributed by atoms with E-state index in [1.165, 1.54) is 6.92 Å². The van der Waals surface area contributed by atoms with Crippen molar-refractivity contribution in [2.45, 2.75) is 13.2 Å². The van der Waals surface area contributed by atoms with E-state index in [-0.39, 0.29) is 0 Å². The summed E-state index contributed by atoms with van der Waals surface area (Å²) in [5, 5.41) is 10.4. The van der Waals surface area contributed by atoms with E-state index in [4.69, 9.17) is 9.66 Å². The van der Waals surface area contributed by atoms with Crippen LogP contribution in [0.25, 0.3) is 0 Å². The van der Waals surface area contributed by atoms with Crippen molar-refractivity contribution in [1.29, 1.82) is 0 Å². The summed E-state index contributed by atoms with van der Waals surface area (Å²) in [4.78, 5) is 0. The van der Waals surface area contributed by atoms with Gasteiger partial charge in [0.25, 0.3) is 0 Å². The van der Waals surface area contributed by atoms with E-state index in [2.05, 4.69) is 9.50 Å². The normalized spacial score (nSPS) is 15.1. The largest absolute Gasteiger partial charge is 0.398 e. The highest BCUT2D eigenvalue weighted by Gasteiger charge is 2.09. The van der Waals surface area contributed by atoms with Gasteiger partial charge in [-0.3, -0.25) is 9.87 Å². The Morgan fingerprint density at radius 2 is 2.20 bits per heavy atom. The molecule has 0 aromatic heterocycles. The molecule has 3 N–H and O–H groups in total. The Balaban J connectivity index is 3.69. The standard InChI is InChI=1S/C3H9NO5S/c1-3(4-2-5)9-10(6,7)8/h3-5H,2H2,1H3,(H,6,7,8). The number of nitrogens with one attached hydrogen (secondary N) is 1. The molecule has 0 radical (unpaired) electrons. The zero-order chi connectivity index (χ0) is 8.20. The first-order chi connectivity index (χ1) is 4.45. The Kier molecular flexibility index (Phi) is 3.76. The lowest BCUT2D eigenvalue weighted by atomic mass is 10.7. The van der Waals surface area contributed by atoms with Crippen LogP contribution in [0.15, 0.2) is 0 Å². The van der Waals surface area contributed by atoms with Gasteiger partial charge in [-0.1, -0.05) is 0 Å². The van der Waals surface area contributed by atoms with Crippen molar-refractivity contribution in [3.63, 3.8) is 0 Å².